The van der Waals surface area contributed by atoms with Crippen molar-refractivity contribution in [3.05, 3.63) is 24.3 Å². The Morgan fingerprint density at radius 2 is 1.63 bits per heavy atom. The lowest BCUT2D eigenvalue weighted by atomic mass is 10.0. The van der Waals surface area contributed by atoms with Gasteiger partial charge >= 0.3 is 0 Å². The van der Waals surface area contributed by atoms with E-state index in [-0.39, 0.29) is 0 Å². The first-order chi connectivity index (χ1) is 8.93. The summed E-state index contributed by atoms with van der Waals surface area (Å²) in [7, 11) is 0. The largest absolute Gasteiger partial charge is 0.353 e. The fourth-order valence-electron chi connectivity index (χ4n) is 2.99. The Kier molecular flexibility index (Phi) is 2.52. The molecule has 1 heterocycles. The minimum absolute atomic E-state index is 0.379. The number of para-hydroxylation sites is 1. The highest BCUT2D eigenvalue weighted by Gasteiger charge is 2.64. The molecule has 4 heteroatoms. The molecular weight excluding hydrogens is 236 g/mol. The summed E-state index contributed by atoms with van der Waals surface area (Å²) >= 11 is 0. The molecule has 1 fully saturated rings. The Morgan fingerprint density at radius 1 is 1.00 bits per heavy atom. The van der Waals surface area contributed by atoms with Crippen molar-refractivity contribution >= 4 is 17.0 Å². The smallest absolute Gasteiger partial charge is 0.243 e. The molecule has 1 saturated carbocycles. The van der Waals surface area contributed by atoms with Crippen LogP contribution in [0.2, 0.25) is 0 Å². The van der Waals surface area contributed by atoms with Crippen molar-refractivity contribution in [3.63, 3.8) is 0 Å². The second-order valence-electron chi connectivity index (χ2n) is 6.50. The maximum Gasteiger partial charge on any atom is 0.243 e. The molecule has 4 nitrogen and oxygen atoms in total. The summed E-state index contributed by atoms with van der Waals surface area (Å²) < 4.78 is 0. The molecule has 0 aliphatic heterocycles. The number of hydrogen-bond donors (Lipinski definition) is 1. The van der Waals surface area contributed by atoms with E-state index in [1.54, 1.807) is 0 Å². The van der Waals surface area contributed by atoms with Gasteiger partial charge in [0, 0.05) is 6.54 Å². The topological polar surface area (TPSA) is 50.7 Å². The van der Waals surface area contributed by atoms with Crippen LogP contribution < -0.4 is 5.32 Å². The van der Waals surface area contributed by atoms with Crippen LogP contribution in [-0.4, -0.2) is 21.7 Å². The maximum absolute atomic E-state index is 4.49. The minimum Gasteiger partial charge on any atom is -0.353 e. The molecule has 1 aromatic heterocycles. The summed E-state index contributed by atoms with van der Waals surface area (Å²) in [6.45, 7) is 10.2. The standard InChI is InChI=1S/C15H20N4/c1-14(2)12(15(14,3)4)9-16-13-17-10-7-5-6-8-11(10)18-19-13/h5-8,12H,9H2,1-4H3,(H,16,17,19). The van der Waals surface area contributed by atoms with Crippen LogP contribution in [0.3, 0.4) is 0 Å². The lowest BCUT2D eigenvalue weighted by Gasteiger charge is -2.05. The van der Waals surface area contributed by atoms with Crippen LogP contribution in [0.1, 0.15) is 27.7 Å². The van der Waals surface area contributed by atoms with Crippen LogP contribution in [0.5, 0.6) is 0 Å². The molecule has 0 saturated heterocycles. The van der Waals surface area contributed by atoms with E-state index >= 15 is 0 Å². The Bertz CT molecular complexity index is 604. The van der Waals surface area contributed by atoms with E-state index in [2.05, 4.69) is 48.2 Å². The Labute approximate surface area is 113 Å². The van der Waals surface area contributed by atoms with Gasteiger partial charge in [0.15, 0.2) is 0 Å². The molecule has 0 bridgehead atoms. The van der Waals surface area contributed by atoms with E-state index in [0.717, 1.165) is 17.6 Å². The van der Waals surface area contributed by atoms with Crippen molar-refractivity contribution in [2.75, 3.05) is 11.9 Å². The fourth-order valence-corrected chi connectivity index (χ4v) is 2.99. The molecule has 0 atom stereocenters. The summed E-state index contributed by atoms with van der Waals surface area (Å²) in [5, 5.41) is 11.6. The number of benzene rings is 1. The third kappa shape index (κ3) is 1.86. The number of rotatable bonds is 3. The van der Waals surface area contributed by atoms with Gasteiger partial charge in [0.2, 0.25) is 5.95 Å². The predicted molar refractivity (Wildman–Crippen MR) is 76.9 cm³/mol. The van der Waals surface area contributed by atoms with Gasteiger partial charge in [-0.05, 0) is 28.9 Å². The van der Waals surface area contributed by atoms with E-state index in [4.69, 9.17) is 0 Å². The molecule has 0 amide bonds. The molecule has 1 aromatic carbocycles. The van der Waals surface area contributed by atoms with Gasteiger partial charge in [-0.3, -0.25) is 0 Å². The molecule has 3 rings (SSSR count). The van der Waals surface area contributed by atoms with Crippen LogP contribution in [0.25, 0.3) is 11.0 Å². The van der Waals surface area contributed by atoms with Crippen molar-refractivity contribution in [2.24, 2.45) is 16.7 Å². The number of hydrogen-bond acceptors (Lipinski definition) is 4. The molecule has 2 aromatic rings. The van der Waals surface area contributed by atoms with Crippen LogP contribution in [0.4, 0.5) is 5.95 Å². The van der Waals surface area contributed by atoms with Crippen molar-refractivity contribution in [2.45, 2.75) is 27.7 Å². The Hall–Kier alpha value is -1.71. The number of nitrogens with one attached hydrogen (secondary N) is 1. The lowest BCUT2D eigenvalue weighted by Crippen LogP contribution is -2.11. The van der Waals surface area contributed by atoms with Crippen molar-refractivity contribution in [3.8, 4) is 0 Å². The molecule has 1 aliphatic rings. The fraction of sp³-hybridized carbons (Fsp3) is 0.533. The summed E-state index contributed by atoms with van der Waals surface area (Å²) in [4.78, 5) is 4.49. The predicted octanol–water partition coefficient (Wildman–Crippen LogP) is 3.12. The third-order valence-corrected chi connectivity index (χ3v) is 5.14. The van der Waals surface area contributed by atoms with Crippen LogP contribution >= 0.6 is 0 Å². The first-order valence-electron chi connectivity index (χ1n) is 6.76. The highest BCUT2D eigenvalue weighted by Crippen LogP contribution is 2.68. The van der Waals surface area contributed by atoms with Crippen molar-refractivity contribution in [1.29, 1.82) is 0 Å². The van der Waals surface area contributed by atoms with Gasteiger partial charge in [0.05, 0.1) is 5.52 Å². The zero-order chi connectivity index (χ0) is 13.7. The maximum atomic E-state index is 4.49. The second kappa shape index (κ2) is 3.89. The highest BCUT2D eigenvalue weighted by molar-refractivity contribution is 5.74. The molecule has 0 radical (unpaired) electrons. The SMILES string of the molecule is CC1(C)C(CNc2nnc3ccccc3n2)C1(C)C. The van der Waals surface area contributed by atoms with Gasteiger partial charge in [-0.15, -0.1) is 10.2 Å². The number of nitrogens with zero attached hydrogens (tertiary/aromatic N) is 3. The van der Waals surface area contributed by atoms with Gasteiger partial charge < -0.3 is 5.32 Å². The molecular formula is C15H20N4. The molecule has 0 unspecified atom stereocenters. The first-order valence-corrected chi connectivity index (χ1v) is 6.76. The highest BCUT2D eigenvalue weighted by atomic mass is 15.2. The van der Waals surface area contributed by atoms with Crippen molar-refractivity contribution < 1.29 is 0 Å². The molecule has 0 spiro atoms. The first kappa shape index (κ1) is 12.3. The van der Waals surface area contributed by atoms with Crippen LogP contribution in [0.15, 0.2) is 24.3 Å². The quantitative estimate of drug-likeness (QED) is 0.916. The second-order valence-corrected chi connectivity index (χ2v) is 6.50. The minimum atomic E-state index is 0.379. The zero-order valence-electron chi connectivity index (χ0n) is 11.9. The molecule has 1 N–H and O–H groups in total. The summed E-state index contributed by atoms with van der Waals surface area (Å²) in [5.41, 5.74) is 2.48. The Balaban J connectivity index is 1.73. The number of fused-ring (bicyclic) bond motifs is 1. The molecule has 100 valence electrons. The van der Waals surface area contributed by atoms with Gasteiger partial charge in [0.25, 0.3) is 0 Å². The van der Waals surface area contributed by atoms with Crippen molar-refractivity contribution in [1.82, 2.24) is 15.2 Å². The normalized spacial score (nSPS) is 20.4. The summed E-state index contributed by atoms with van der Waals surface area (Å²) in [5.74, 6) is 1.27. The monoisotopic (exact) mass is 256 g/mol. The van der Waals surface area contributed by atoms with Gasteiger partial charge in [-0.2, -0.15) is 0 Å². The van der Waals surface area contributed by atoms with E-state index in [1.807, 2.05) is 24.3 Å². The zero-order valence-corrected chi connectivity index (χ0v) is 11.9. The van der Waals surface area contributed by atoms with E-state index in [1.165, 1.54) is 0 Å². The van der Waals surface area contributed by atoms with E-state index in [0.29, 0.717) is 22.7 Å². The van der Waals surface area contributed by atoms with E-state index in [9.17, 15) is 0 Å². The number of anilines is 1. The number of aromatic nitrogens is 3. The van der Waals surface area contributed by atoms with E-state index < -0.39 is 0 Å². The Morgan fingerprint density at radius 3 is 2.26 bits per heavy atom. The van der Waals surface area contributed by atoms with Gasteiger partial charge in [-0.25, -0.2) is 4.98 Å². The van der Waals surface area contributed by atoms with Gasteiger partial charge in [-0.1, -0.05) is 39.8 Å². The third-order valence-electron chi connectivity index (χ3n) is 5.14. The van der Waals surface area contributed by atoms with Gasteiger partial charge in [0.1, 0.15) is 5.52 Å². The average Bonchev–Trinajstić information content (AvgIpc) is 2.77. The summed E-state index contributed by atoms with van der Waals surface area (Å²) in [6, 6.07) is 7.79. The summed E-state index contributed by atoms with van der Waals surface area (Å²) in [6.07, 6.45) is 0. The average molecular weight is 256 g/mol. The van der Waals surface area contributed by atoms with Crippen LogP contribution in [-0.2, 0) is 0 Å². The molecule has 1 aliphatic carbocycles. The lowest BCUT2D eigenvalue weighted by molar-refractivity contribution is 0.457. The van der Waals surface area contributed by atoms with Crippen LogP contribution in [0, 0.1) is 16.7 Å². The molecule has 19 heavy (non-hydrogen) atoms.